The second-order valence-electron chi connectivity index (χ2n) is 19.2. The SMILES string of the molecule is CCCCCCCCCCCCCCCCC/C=C/C(O)C(COP(=O)([O-])OCC[N+](C)(C)C)NC(=O)CCCCCCCCCCCCCCCCCCCCCCC. The predicted molar refractivity (Wildman–Crippen MR) is 256 cm³/mol. The number of nitrogens with one attached hydrogen (secondary N) is 1. The van der Waals surface area contributed by atoms with Gasteiger partial charge >= 0.3 is 0 Å². The van der Waals surface area contributed by atoms with E-state index in [4.69, 9.17) is 9.05 Å². The highest BCUT2D eigenvalue weighted by Crippen LogP contribution is 2.38. The van der Waals surface area contributed by atoms with Crippen LogP contribution in [0.25, 0.3) is 0 Å². The summed E-state index contributed by atoms with van der Waals surface area (Å²) in [6, 6.07) is -0.881. The van der Waals surface area contributed by atoms with Crippen molar-refractivity contribution in [3.05, 3.63) is 12.2 Å². The number of unbranched alkanes of at least 4 members (excludes halogenated alkanes) is 35. The number of rotatable bonds is 48. The van der Waals surface area contributed by atoms with Gasteiger partial charge in [-0.05, 0) is 19.3 Å². The van der Waals surface area contributed by atoms with E-state index in [9.17, 15) is 19.4 Å². The van der Waals surface area contributed by atoms with Gasteiger partial charge in [-0.2, -0.15) is 0 Å². The molecule has 3 atom stereocenters. The topological polar surface area (TPSA) is 108 Å². The number of nitrogens with zero attached hydrogens (tertiary/aromatic N) is 1. The molecule has 0 spiro atoms. The molecule has 0 heterocycles. The zero-order chi connectivity index (χ0) is 44.3. The highest BCUT2D eigenvalue weighted by Gasteiger charge is 2.23. The average Bonchev–Trinajstić information content (AvgIpc) is 3.20. The highest BCUT2D eigenvalue weighted by atomic mass is 31.2. The van der Waals surface area contributed by atoms with Gasteiger partial charge in [0, 0.05) is 6.42 Å². The molecule has 0 aromatic carbocycles. The molecule has 0 radical (unpaired) electrons. The van der Waals surface area contributed by atoms with Crippen LogP contribution in [0.3, 0.4) is 0 Å². The first-order valence-electron chi connectivity index (χ1n) is 26.1. The first-order valence-corrected chi connectivity index (χ1v) is 27.5. The van der Waals surface area contributed by atoms with Gasteiger partial charge in [0.2, 0.25) is 5.91 Å². The molecule has 358 valence electrons. The van der Waals surface area contributed by atoms with E-state index in [2.05, 4.69) is 19.2 Å². The number of phosphoric ester groups is 1. The van der Waals surface area contributed by atoms with Crippen LogP contribution in [0, 0.1) is 0 Å². The molecule has 0 rings (SSSR count). The Bertz CT molecular complexity index is 989. The lowest BCUT2D eigenvalue weighted by Gasteiger charge is -2.29. The molecule has 0 bridgehead atoms. The molecular weight excluding hydrogens is 768 g/mol. The van der Waals surface area contributed by atoms with Crippen molar-refractivity contribution in [2.45, 2.75) is 270 Å². The van der Waals surface area contributed by atoms with Gasteiger partial charge in [0.1, 0.15) is 13.2 Å². The summed E-state index contributed by atoms with van der Waals surface area (Å²) in [5.74, 6) is -0.192. The third kappa shape index (κ3) is 45.3. The molecule has 0 aromatic rings. The Morgan fingerprint density at radius 3 is 1.25 bits per heavy atom. The Balaban J connectivity index is 4.25. The maximum absolute atomic E-state index is 12.9. The van der Waals surface area contributed by atoms with Crippen molar-refractivity contribution < 1.29 is 32.9 Å². The summed E-state index contributed by atoms with van der Waals surface area (Å²) in [7, 11) is 1.28. The molecule has 0 saturated carbocycles. The Labute approximate surface area is 373 Å². The van der Waals surface area contributed by atoms with E-state index in [0.717, 1.165) is 38.5 Å². The van der Waals surface area contributed by atoms with Crippen LogP contribution in [0.5, 0.6) is 0 Å². The van der Waals surface area contributed by atoms with Crippen molar-refractivity contribution in [1.29, 1.82) is 0 Å². The van der Waals surface area contributed by atoms with Crippen LogP contribution in [0.15, 0.2) is 12.2 Å². The Kier molecular flexibility index (Phi) is 42.9. The molecule has 0 aliphatic rings. The van der Waals surface area contributed by atoms with Crippen LogP contribution >= 0.6 is 7.82 Å². The van der Waals surface area contributed by atoms with Crippen LogP contribution in [0.2, 0.25) is 0 Å². The van der Waals surface area contributed by atoms with Gasteiger partial charge in [0.05, 0.1) is 39.9 Å². The highest BCUT2D eigenvalue weighted by molar-refractivity contribution is 7.45. The standard InChI is InChI=1S/C51H103N2O6P/c1-6-8-10-12-14-16-18-20-22-24-25-26-27-29-31-33-35-37-39-41-43-45-51(55)52-49(48-59-60(56,57)58-47-46-53(3,4)5)50(54)44-42-40-38-36-34-32-30-28-23-21-19-17-15-13-11-9-7-2/h42,44,49-50,54H,6-41,43,45-48H2,1-5H3,(H-,52,55,56,57)/b44-42+. The third-order valence-electron chi connectivity index (χ3n) is 12.0. The van der Waals surface area contributed by atoms with Gasteiger partial charge in [0.25, 0.3) is 7.82 Å². The molecule has 3 unspecified atom stereocenters. The smallest absolute Gasteiger partial charge is 0.268 e. The fraction of sp³-hybridized carbons (Fsp3) is 0.941. The normalized spacial score (nSPS) is 14.2. The number of hydrogen-bond donors (Lipinski definition) is 2. The zero-order valence-electron chi connectivity index (χ0n) is 40.7. The second-order valence-corrected chi connectivity index (χ2v) is 20.7. The number of hydrogen-bond acceptors (Lipinski definition) is 6. The molecule has 9 heteroatoms. The minimum Gasteiger partial charge on any atom is -0.756 e. The summed E-state index contributed by atoms with van der Waals surface area (Å²) < 4.78 is 23.3. The summed E-state index contributed by atoms with van der Waals surface area (Å²) >= 11 is 0. The predicted octanol–water partition coefficient (Wildman–Crippen LogP) is 14.5. The van der Waals surface area contributed by atoms with Gasteiger partial charge in [-0.15, -0.1) is 0 Å². The first kappa shape index (κ1) is 59.2. The van der Waals surface area contributed by atoms with Crippen molar-refractivity contribution in [1.82, 2.24) is 5.32 Å². The number of aliphatic hydroxyl groups is 1. The van der Waals surface area contributed by atoms with Gasteiger partial charge in [0.15, 0.2) is 0 Å². The van der Waals surface area contributed by atoms with Gasteiger partial charge in [-0.3, -0.25) is 9.36 Å². The number of phosphoric acid groups is 1. The molecule has 1 amide bonds. The lowest BCUT2D eigenvalue weighted by atomic mass is 10.0. The summed E-state index contributed by atoms with van der Waals surface area (Å²) in [5, 5.41) is 13.8. The Morgan fingerprint density at radius 2 is 0.900 bits per heavy atom. The maximum Gasteiger partial charge on any atom is 0.268 e. The lowest BCUT2D eigenvalue weighted by molar-refractivity contribution is -0.870. The van der Waals surface area contributed by atoms with Crippen LogP contribution in [-0.4, -0.2) is 68.5 Å². The Hall–Kier alpha value is -0.760. The van der Waals surface area contributed by atoms with Crippen molar-refractivity contribution in [3.8, 4) is 0 Å². The summed E-state index contributed by atoms with van der Waals surface area (Å²) in [6.45, 7) is 4.69. The number of carbonyl (C=O) groups is 1. The molecule has 0 fully saturated rings. The molecular formula is C51H103N2O6P. The van der Waals surface area contributed by atoms with Crippen LogP contribution in [0.4, 0.5) is 0 Å². The number of quaternary nitrogens is 1. The van der Waals surface area contributed by atoms with E-state index in [1.165, 1.54) is 199 Å². The van der Waals surface area contributed by atoms with Crippen molar-refractivity contribution in [3.63, 3.8) is 0 Å². The quantitative estimate of drug-likeness (QED) is 0.0273. The van der Waals surface area contributed by atoms with E-state index in [1.807, 2.05) is 27.2 Å². The number of carbonyl (C=O) groups excluding carboxylic acids is 1. The summed E-state index contributed by atoms with van der Waals surface area (Å²) in [6.07, 6.45) is 51.2. The lowest BCUT2D eigenvalue weighted by Crippen LogP contribution is -2.45. The number of likely N-dealkylation sites (N-methyl/N-ethyl adjacent to an activating group) is 1. The van der Waals surface area contributed by atoms with Gasteiger partial charge in [-0.25, -0.2) is 0 Å². The number of allylic oxidation sites excluding steroid dienone is 1. The van der Waals surface area contributed by atoms with Crippen molar-refractivity contribution >= 4 is 13.7 Å². The monoisotopic (exact) mass is 871 g/mol. The minimum absolute atomic E-state index is 0.00247. The molecule has 8 nitrogen and oxygen atoms in total. The number of amides is 1. The third-order valence-corrected chi connectivity index (χ3v) is 13.0. The molecule has 0 aliphatic heterocycles. The zero-order valence-corrected chi connectivity index (χ0v) is 41.6. The maximum atomic E-state index is 12.9. The summed E-state index contributed by atoms with van der Waals surface area (Å²) in [5.41, 5.74) is 0. The average molecular weight is 871 g/mol. The molecule has 0 saturated heterocycles. The fourth-order valence-electron chi connectivity index (χ4n) is 7.86. The fourth-order valence-corrected chi connectivity index (χ4v) is 8.58. The number of aliphatic hydroxyl groups excluding tert-OH is 1. The minimum atomic E-state index is -4.59. The van der Waals surface area contributed by atoms with Crippen LogP contribution in [0.1, 0.15) is 258 Å². The van der Waals surface area contributed by atoms with Gasteiger partial charge in [-0.1, -0.05) is 244 Å². The summed E-state index contributed by atoms with van der Waals surface area (Å²) in [4.78, 5) is 25.4. The van der Waals surface area contributed by atoms with Crippen LogP contribution < -0.4 is 10.2 Å². The van der Waals surface area contributed by atoms with E-state index in [0.29, 0.717) is 17.4 Å². The second kappa shape index (κ2) is 43.5. The largest absolute Gasteiger partial charge is 0.756 e. The molecule has 0 aliphatic carbocycles. The molecule has 0 aromatic heterocycles. The van der Waals surface area contributed by atoms with Gasteiger partial charge < -0.3 is 28.8 Å². The molecule has 60 heavy (non-hydrogen) atoms. The van der Waals surface area contributed by atoms with E-state index in [1.54, 1.807) is 6.08 Å². The van der Waals surface area contributed by atoms with Crippen molar-refractivity contribution in [2.75, 3.05) is 40.9 Å². The molecule has 2 N–H and O–H groups in total. The van der Waals surface area contributed by atoms with E-state index >= 15 is 0 Å². The van der Waals surface area contributed by atoms with Crippen molar-refractivity contribution in [2.24, 2.45) is 0 Å². The van der Waals surface area contributed by atoms with Crippen LogP contribution in [-0.2, 0) is 18.4 Å². The van der Waals surface area contributed by atoms with E-state index < -0.39 is 20.0 Å². The van der Waals surface area contributed by atoms with E-state index in [-0.39, 0.29) is 19.1 Å². The first-order chi connectivity index (χ1) is 29.0. The Morgan fingerprint density at radius 1 is 0.567 bits per heavy atom.